The second kappa shape index (κ2) is 4.87. The van der Waals surface area contributed by atoms with Crippen molar-refractivity contribution < 1.29 is 18.3 Å². The average Bonchev–Trinajstić information content (AvgIpc) is 2.45. The molecule has 0 spiro atoms. The highest BCUT2D eigenvalue weighted by Crippen LogP contribution is 2.38. The summed E-state index contributed by atoms with van der Waals surface area (Å²) >= 11 is 0. The Morgan fingerprint density at radius 2 is 2.11 bits per heavy atom. The standard InChI is InChI=1S/C13H14F2N2O2/c1-17-12(18)10-5-13(6-14,7-15)19-11-3-2-8(16)4-9(10)11/h2-5H,6-7,16H2,1H3,(H,17,18). The minimum atomic E-state index is -1.75. The van der Waals surface area contributed by atoms with Gasteiger partial charge >= 0.3 is 0 Å². The van der Waals surface area contributed by atoms with Crippen LogP contribution in [-0.4, -0.2) is 31.9 Å². The number of ether oxygens (including phenoxy) is 1. The van der Waals surface area contributed by atoms with E-state index in [1.54, 1.807) is 6.07 Å². The fourth-order valence-electron chi connectivity index (χ4n) is 1.93. The first-order valence-electron chi connectivity index (χ1n) is 5.71. The molecular formula is C13H14F2N2O2. The van der Waals surface area contributed by atoms with Gasteiger partial charge in [-0.15, -0.1) is 0 Å². The molecule has 0 saturated carbocycles. The van der Waals surface area contributed by atoms with Gasteiger partial charge in [-0.25, -0.2) is 8.78 Å². The van der Waals surface area contributed by atoms with Crippen LogP contribution in [0.5, 0.6) is 5.75 Å². The predicted molar refractivity (Wildman–Crippen MR) is 68.2 cm³/mol. The molecule has 0 bridgehead atoms. The third-order valence-electron chi connectivity index (χ3n) is 2.94. The van der Waals surface area contributed by atoms with Crippen molar-refractivity contribution in [1.29, 1.82) is 0 Å². The number of likely N-dealkylation sites (N-methyl/N-ethyl adjacent to an activating group) is 1. The van der Waals surface area contributed by atoms with Crippen molar-refractivity contribution in [3.8, 4) is 5.75 Å². The molecule has 102 valence electrons. The smallest absolute Gasteiger partial charge is 0.251 e. The Hall–Kier alpha value is -2.11. The molecule has 6 heteroatoms. The van der Waals surface area contributed by atoms with Gasteiger partial charge in [0, 0.05) is 18.3 Å². The van der Waals surface area contributed by atoms with Crippen LogP contribution in [0.4, 0.5) is 14.5 Å². The van der Waals surface area contributed by atoms with Gasteiger partial charge in [0.1, 0.15) is 19.1 Å². The Labute approximate surface area is 109 Å². The second-order valence-electron chi connectivity index (χ2n) is 4.33. The number of benzene rings is 1. The molecule has 3 N–H and O–H groups in total. The number of halogens is 2. The van der Waals surface area contributed by atoms with Gasteiger partial charge < -0.3 is 15.8 Å². The van der Waals surface area contributed by atoms with Crippen LogP contribution in [0.25, 0.3) is 5.57 Å². The lowest BCUT2D eigenvalue weighted by atomic mass is 9.93. The first-order chi connectivity index (χ1) is 9.05. The van der Waals surface area contributed by atoms with Crippen LogP contribution < -0.4 is 15.8 Å². The van der Waals surface area contributed by atoms with E-state index in [2.05, 4.69) is 5.32 Å². The summed E-state index contributed by atoms with van der Waals surface area (Å²) in [6.07, 6.45) is 1.17. The zero-order chi connectivity index (χ0) is 14.0. The van der Waals surface area contributed by atoms with Gasteiger partial charge in [-0.05, 0) is 24.3 Å². The van der Waals surface area contributed by atoms with Crippen LogP contribution in [0, 0.1) is 0 Å². The van der Waals surface area contributed by atoms with E-state index in [-0.39, 0.29) is 11.3 Å². The van der Waals surface area contributed by atoms with Gasteiger partial charge in [-0.1, -0.05) is 0 Å². The highest BCUT2D eigenvalue weighted by Gasteiger charge is 2.37. The maximum Gasteiger partial charge on any atom is 0.251 e. The quantitative estimate of drug-likeness (QED) is 0.816. The molecule has 0 saturated heterocycles. The van der Waals surface area contributed by atoms with Crippen molar-refractivity contribution in [2.75, 3.05) is 26.1 Å². The Kier molecular flexibility index (Phi) is 3.42. The molecule has 1 heterocycles. The van der Waals surface area contributed by atoms with Crippen LogP contribution in [0.2, 0.25) is 0 Å². The van der Waals surface area contributed by atoms with E-state index in [4.69, 9.17) is 10.5 Å². The van der Waals surface area contributed by atoms with Crippen molar-refractivity contribution in [2.45, 2.75) is 5.60 Å². The summed E-state index contributed by atoms with van der Waals surface area (Å²) in [7, 11) is 1.44. The van der Waals surface area contributed by atoms with Crippen molar-refractivity contribution in [3.63, 3.8) is 0 Å². The number of hydrogen-bond acceptors (Lipinski definition) is 3. The topological polar surface area (TPSA) is 64.3 Å². The highest BCUT2D eigenvalue weighted by atomic mass is 19.1. The highest BCUT2D eigenvalue weighted by molar-refractivity contribution is 6.21. The lowest BCUT2D eigenvalue weighted by Crippen LogP contribution is -2.42. The van der Waals surface area contributed by atoms with Crippen molar-refractivity contribution >= 4 is 17.2 Å². The summed E-state index contributed by atoms with van der Waals surface area (Å²) in [6, 6.07) is 4.59. The third kappa shape index (κ3) is 2.25. The summed E-state index contributed by atoms with van der Waals surface area (Å²) in [4.78, 5) is 11.8. The number of rotatable bonds is 3. The van der Waals surface area contributed by atoms with Crippen LogP contribution in [0.15, 0.2) is 24.3 Å². The third-order valence-corrected chi connectivity index (χ3v) is 2.94. The number of nitrogen functional groups attached to an aromatic ring is 1. The largest absolute Gasteiger partial charge is 0.477 e. The number of hydrogen-bond donors (Lipinski definition) is 2. The van der Waals surface area contributed by atoms with Gasteiger partial charge in [0.05, 0.1) is 5.57 Å². The molecule has 4 nitrogen and oxygen atoms in total. The molecule has 0 unspecified atom stereocenters. The summed E-state index contributed by atoms with van der Waals surface area (Å²) in [6.45, 7) is -2.12. The van der Waals surface area contributed by atoms with Crippen molar-refractivity contribution in [2.24, 2.45) is 0 Å². The van der Waals surface area contributed by atoms with E-state index in [0.717, 1.165) is 0 Å². The summed E-state index contributed by atoms with van der Waals surface area (Å²) in [5.74, 6) is -0.202. The van der Waals surface area contributed by atoms with E-state index in [9.17, 15) is 13.6 Å². The Bertz CT molecular complexity index is 539. The Morgan fingerprint density at radius 3 is 2.68 bits per heavy atom. The van der Waals surface area contributed by atoms with Crippen molar-refractivity contribution in [1.82, 2.24) is 5.32 Å². The molecule has 1 aliphatic rings. The van der Waals surface area contributed by atoms with E-state index in [1.807, 2.05) is 0 Å². The van der Waals surface area contributed by atoms with Crippen LogP contribution >= 0.6 is 0 Å². The lowest BCUT2D eigenvalue weighted by Gasteiger charge is -2.32. The van der Waals surface area contributed by atoms with Gasteiger partial charge in [-0.2, -0.15) is 0 Å². The van der Waals surface area contributed by atoms with E-state index >= 15 is 0 Å². The first kappa shape index (κ1) is 13.3. The normalized spacial score (nSPS) is 16.1. The molecule has 2 rings (SSSR count). The molecule has 1 aromatic carbocycles. The molecule has 0 radical (unpaired) electrons. The molecule has 0 fully saturated rings. The number of carbonyl (C=O) groups is 1. The average molecular weight is 268 g/mol. The number of alkyl halides is 2. The minimum absolute atomic E-state index is 0.159. The number of nitrogens with two attached hydrogens (primary N) is 1. The van der Waals surface area contributed by atoms with Crippen LogP contribution in [0.3, 0.4) is 0 Å². The van der Waals surface area contributed by atoms with Crippen LogP contribution in [-0.2, 0) is 4.79 Å². The van der Waals surface area contributed by atoms with E-state index in [1.165, 1.54) is 25.3 Å². The molecule has 0 atom stereocenters. The number of fused-ring (bicyclic) bond motifs is 1. The summed E-state index contributed by atoms with van der Waals surface area (Å²) in [5.41, 5.74) is 4.93. The molecule has 19 heavy (non-hydrogen) atoms. The van der Waals surface area contributed by atoms with Crippen LogP contribution in [0.1, 0.15) is 5.56 Å². The second-order valence-corrected chi connectivity index (χ2v) is 4.33. The fourth-order valence-corrected chi connectivity index (χ4v) is 1.93. The Balaban J connectivity index is 2.60. The zero-order valence-corrected chi connectivity index (χ0v) is 10.4. The first-order valence-corrected chi connectivity index (χ1v) is 5.71. The number of amides is 1. The molecule has 0 aliphatic carbocycles. The molecule has 1 amide bonds. The van der Waals surface area contributed by atoms with Gasteiger partial charge in [0.15, 0.2) is 5.60 Å². The van der Waals surface area contributed by atoms with Gasteiger partial charge in [-0.3, -0.25) is 4.79 Å². The lowest BCUT2D eigenvalue weighted by molar-refractivity contribution is -0.115. The maximum absolute atomic E-state index is 13.1. The Morgan fingerprint density at radius 1 is 1.42 bits per heavy atom. The summed E-state index contributed by atoms with van der Waals surface area (Å²) in [5, 5.41) is 2.43. The monoisotopic (exact) mass is 268 g/mol. The van der Waals surface area contributed by atoms with Gasteiger partial charge in [0.2, 0.25) is 0 Å². The predicted octanol–water partition coefficient (Wildman–Crippen LogP) is 1.47. The molecular weight excluding hydrogens is 254 g/mol. The number of nitrogens with one attached hydrogen (secondary N) is 1. The SMILES string of the molecule is CNC(=O)C1=CC(CF)(CF)Oc2ccc(N)cc21. The van der Waals surface area contributed by atoms with E-state index in [0.29, 0.717) is 11.3 Å². The molecule has 1 aromatic rings. The van der Waals surface area contributed by atoms with Crippen molar-refractivity contribution in [3.05, 3.63) is 29.8 Å². The maximum atomic E-state index is 13.1. The number of anilines is 1. The zero-order valence-electron chi connectivity index (χ0n) is 10.4. The summed E-state index contributed by atoms with van der Waals surface area (Å²) < 4.78 is 31.5. The molecule has 0 aromatic heterocycles. The fraction of sp³-hybridized carbons (Fsp3) is 0.308. The molecule has 1 aliphatic heterocycles. The minimum Gasteiger partial charge on any atom is -0.477 e. The van der Waals surface area contributed by atoms with E-state index < -0.39 is 24.9 Å². The van der Waals surface area contributed by atoms with Gasteiger partial charge in [0.25, 0.3) is 5.91 Å². The number of carbonyl (C=O) groups excluding carboxylic acids is 1.